The minimum Gasteiger partial charge on any atom is -0.306 e. The first-order valence-electron chi connectivity index (χ1n) is 5.91. The quantitative estimate of drug-likeness (QED) is 0.932. The summed E-state index contributed by atoms with van der Waals surface area (Å²) in [5.74, 6) is 0. The minimum absolute atomic E-state index is 0.119. The molecule has 1 aromatic carbocycles. The molecule has 1 aromatic heterocycles. The third-order valence-corrected chi connectivity index (χ3v) is 4.18. The number of hydrogen-bond acceptors (Lipinski definition) is 4. The molecule has 0 bridgehead atoms. The molecule has 5 heteroatoms. The summed E-state index contributed by atoms with van der Waals surface area (Å²) >= 11 is 7.64. The fourth-order valence-electron chi connectivity index (χ4n) is 1.86. The summed E-state index contributed by atoms with van der Waals surface area (Å²) in [5.41, 5.74) is 3.22. The van der Waals surface area contributed by atoms with Crippen molar-refractivity contribution in [3.63, 3.8) is 0 Å². The van der Waals surface area contributed by atoms with Crippen molar-refractivity contribution < 1.29 is 0 Å². The average molecular weight is 282 g/mol. The molecule has 0 saturated carbocycles. The van der Waals surface area contributed by atoms with Crippen LogP contribution in [0.5, 0.6) is 0 Å². The summed E-state index contributed by atoms with van der Waals surface area (Å²) in [6, 6.07) is 6.29. The van der Waals surface area contributed by atoms with Crippen molar-refractivity contribution in [1.29, 1.82) is 0 Å². The molecule has 0 fully saturated rings. The predicted molar refractivity (Wildman–Crippen MR) is 76.4 cm³/mol. The average Bonchev–Trinajstić information content (AvgIpc) is 2.76. The van der Waals surface area contributed by atoms with E-state index in [9.17, 15) is 0 Å². The van der Waals surface area contributed by atoms with Crippen LogP contribution in [-0.4, -0.2) is 16.1 Å². The van der Waals surface area contributed by atoms with Gasteiger partial charge in [0, 0.05) is 5.02 Å². The van der Waals surface area contributed by atoms with Gasteiger partial charge in [0.1, 0.15) is 0 Å². The second-order valence-electron chi connectivity index (χ2n) is 4.22. The minimum atomic E-state index is 0.119. The van der Waals surface area contributed by atoms with E-state index in [0.717, 1.165) is 33.3 Å². The van der Waals surface area contributed by atoms with E-state index in [0.29, 0.717) is 0 Å². The second kappa shape index (κ2) is 5.78. The summed E-state index contributed by atoms with van der Waals surface area (Å²) < 4.78 is 4.01. The van der Waals surface area contributed by atoms with E-state index in [-0.39, 0.29) is 6.04 Å². The Hall–Kier alpha value is -0.970. The molecule has 0 aliphatic carbocycles. The first-order chi connectivity index (χ1) is 8.63. The molecule has 0 saturated heterocycles. The standard InChI is InChI=1S/C13H16ClN3S/c1-4-15-12(13-9(3)16-17-18-13)10-6-5-8(2)11(14)7-10/h5-7,12,15H,4H2,1-3H3. The zero-order chi connectivity index (χ0) is 13.1. The maximum absolute atomic E-state index is 6.20. The van der Waals surface area contributed by atoms with Crippen LogP contribution in [-0.2, 0) is 0 Å². The summed E-state index contributed by atoms with van der Waals surface area (Å²) in [4.78, 5) is 1.15. The van der Waals surface area contributed by atoms with Gasteiger partial charge in [-0.25, -0.2) is 0 Å². The molecule has 18 heavy (non-hydrogen) atoms. The van der Waals surface area contributed by atoms with Crippen LogP contribution < -0.4 is 5.32 Å². The zero-order valence-corrected chi connectivity index (χ0v) is 12.3. The first-order valence-corrected chi connectivity index (χ1v) is 7.07. The van der Waals surface area contributed by atoms with E-state index in [1.807, 2.05) is 26.0 Å². The fourth-order valence-corrected chi connectivity index (χ4v) is 2.80. The van der Waals surface area contributed by atoms with E-state index in [1.54, 1.807) is 0 Å². The molecule has 0 radical (unpaired) electrons. The van der Waals surface area contributed by atoms with Gasteiger partial charge in [0.25, 0.3) is 0 Å². The Morgan fingerprint density at radius 3 is 2.72 bits per heavy atom. The Morgan fingerprint density at radius 1 is 1.39 bits per heavy atom. The number of hydrogen-bond donors (Lipinski definition) is 1. The smallest absolute Gasteiger partial charge is 0.0776 e. The predicted octanol–water partition coefficient (Wildman–Crippen LogP) is 3.51. The summed E-state index contributed by atoms with van der Waals surface area (Å²) in [6.45, 7) is 6.97. The van der Waals surface area contributed by atoms with E-state index in [4.69, 9.17) is 11.6 Å². The summed E-state index contributed by atoms with van der Waals surface area (Å²) in [7, 11) is 0. The van der Waals surface area contributed by atoms with Crippen LogP contribution in [0.3, 0.4) is 0 Å². The maximum atomic E-state index is 6.20. The van der Waals surface area contributed by atoms with Gasteiger partial charge in [0.05, 0.1) is 16.6 Å². The molecule has 2 rings (SSSR count). The van der Waals surface area contributed by atoms with Crippen LogP contribution >= 0.6 is 23.1 Å². The monoisotopic (exact) mass is 281 g/mol. The van der Waals surface area contributed by atoms with Crippen molar-refractivity contribution in [2.45, 2.75) is 26.8 Å². The number of nitrogens with one attached hydrogen (secondary N) is 1. The van der Waals surface area contributed by atoms with Crippen LogP contribution in [0.1, 0.15) is 34.7 Å². The highest BCUT2D eigenvalue weighted by atomic mass is 35.5. The number of benzene rings is 1. The Bertz CT molecular complexity index is 539. The molecule has 1 heterocycles. The van der Waals surface area contributed by atoms with Gasteiger partial charge in [-0.15, -0.1) is 5.10 Å². The fraction of sp³-hybridized carbons (Fsp3) is 0.385. The highest BCUT2D eigenvalue weighted by Crippen LogP contribution is 2.29. The Kier molecular flexibility index (Phi) is 4.32. The number of nitrogens with zero attached hydrogens (tertiary/aromatic N) is 2. The second-order valence-corrected chi connectivity index (χ2v) is 5.41. The molecule has 1 unspecified atom stereocenters. The van der Waals surface area contributed by atoms with Gasteiger partial charge in [-0.1, -0.05) is 35.1 Å². The summed E-state index contributed by atoms with van der Waals surface area (Å²) in [6.07, 6.45) is 0. The molecule has 0 aliphatic heterocycles. The van der Waals surface area contributed by atoms with Crippen LogP contribution in [0.2, 0.25) is 5.02 Å². The normalized spacial score (nSPS) is 12.7. The largest absolute Gasteiger partial charge is 0.306 e. The van der Waals surface area contributed by atoms with Crippen molar-refractivity contribution in [1.82, 2.24) is 14.9 Å². The SMILES string of the molecule is CCNC(c1ccc(C)c(Cl)c1)c1snnc1C. The molecular formula is C13H16ClN3S. The van der Waals surface area contributed by atoms with Crippen molar-refractivity contribution in [2.75, 3.05) is 6.54 Å². The lowest BCUT2D eigenvalue weighted by atomic mass is 10.0. The molecule has 2 aromatic rings. The topological polar surface area (TPSA) is 37.8 Å². The van der Waals surface area contributed by atoms with Gasteiger partial charge >= 0.3 is 0 Å². The number of aromatic nitrogens is 2. The van der Waals surface area contributed by atoms with Crippen LogP contribution in [0, 0.1) is 13.8 Å². The Balaban J connectivity index is 2.41. The van der Waals surface area contributed by atoms with Crippen LogP contribution in [0.15, 0.2) is 18.2 Å². The van der Waals surface area contributed by atoms with Gasteiger partial charge in [-0.2, -0.15) is 0 Å². The van der Waals surface area contributed by atoms with Crippen molar-refractivity contribution >= 4 is 23.1 Å². The van der Waals surface area contributed by atoms with Gasteiger partial charge in [0.2, 0.25) is 0 Å². The van der Waals surface area contributed by atoms with Crippen molar-refractivity contribution in [2.24, 2.45) is 0 Å². The van der Waals surface area contributed by atoms with E-state index in [1.165, 1.54) is 11.5 Å². The first kappa shape index (κ1) is 13.5. The molecular weight excluding hydrogens is 266 g/mol. The maximum Gasteiger partial charge on any atom is 0.0776 e. The molecule has 1 atom stereocenters. The summed E-state index contributed by atoms with van der Waals surface area (Å²) in [5, 5.41) is 8.34. The van der Waals surface area contributed by atoms with Gasteiger partial charge in [0.15, 0.2) is 0 Å². The Morgan fingerprint density at radius 2 is 2.17 bits per heavy atom. The van der Waals surface area contributed by atoms with Crippen molar-refractivity contribution in [3.05, 3.63) is 44.9 Å². The lowest BCUT2D eigenvalue weighted by Crippen LogP contribution is -2.21. The van der Waals surface area contributed by atoms with E-state index in [2.05, 4.69) is 27.9 Å². The highest BCUT2D eigenvalue weighted by Gasteiger charge is 2.18. The van der Waals surface area contributed by atoms with Gasteiger partial charge < -0.3 is 5.32 Å². The lowest BCUT2D eigenvalue weighted by Gasteiger charge is -2.17. The number of halogens is 1. The van der Waals surface area contributed by atoms with E-state index < -0.39 is 0 Å². The van der Waals surface area contributed by atoms with Gasteiger partial charge in [-0.05, 0) is 49.1 Å². The van der Waals surface area contributed by atoms with Crippen LogP contribution in [0.25, 0.3) is 0 Å². The Labute approximate surface area is 116 Å². The molecule has 3 nitrogen and oxygen atoms in total. The third kappa shape index (κ3) is 2.71. The molecule has 0 aliphatic rings. The van der Waals surface area contributed by atoms with E-state index >= 15 is 0 Å². The molecule has 1 N–H and O–H groups in total. The highest BCUT2D eigenvalue weighted by molar-refractivity contribution is 7.05. The zero-order valence-electron chi connectivity index (χ0n) is 10.7. The molecule has 0 spiro atoms. The van der Waals surface area contributed by atoms with Crippen molar-refractivity contribution in [3.8, 4) is 0 Å². The molecule has 0 amide bonds. The van der Waals surface area contributed by atoms with Gasteiger partial charge in [-0.3, -0.25) is 0 Å². The molecule has 96 valence electrons. The number of rotatable bonds is 4. The number of aryl methyl sites for hydroxylation is 2. The lowest BCUT2D eigenvalue weighted by molar-refractivity contribution is 0.635. The van der Waals surface area contributed by atoms with Crippen LogP contribution in [0.4, 0.5) is 0 Å². The third-order valence-electron chi connectivity index (χ3n) is 2.89.